The van der Waals surface area contributed by atoms with Crippen LogP contribution in [0.25, 0.3) is 0 Å². The Bertz CT molecular complexity index is 770. The summed E-state index contributed by atoms with van der Waals surface area (Å²) in [5.74, 6) is -11.1. The smallest absolute Gasteiger partial charge is 0.456 e. The molecule has 0 heterocycles. The van der Waals surface area contributed by atoms with E-state index in [1.54, 1.807) is 0 Å². The molecule has 1 unspecified atom stereocenters. The number of carbonyl (C=O) groups is 2. The van der Waals surface area contributed by atoms with Gasteiger partial charge in [-0.3, -0.25) is 4.55 Å². The third-order valence-electron chi connectivity index (χ3n) is 2.62. The highest BCUT2D eigenvalue weighted by Crippen LogP contribution is 2.39. The number of ether oxygens (including phenoxy) is 3. The summed E-state index contributed by atoms with van der Waals surface area (Å²) in [5, 5.41) is -5.50. The molecule has 0 aromatic heterocycles. The second-order valence-electron chi connectivity index (χ2n) is 4.77. The van der Waals surface area contributed by atoms with Gasteiger partial charge in [-0.05, 0) is 0 Å². The summed E-state index contributed by atoms with van der Waals surface area (Å²) in [6.07, 6.45) is -11.4. The number of rotatable bonds is 9. The van der Waals surface area contributed by atoms with E-state index in [9.17, 15) is 53.1 Å². The zero-order valence-electron chi connectivity index (χ0n) is 13.6. The summed E-state index contributed by atoms with van der Waals surface area (Å²) in [4.78, 5) is 23.0. The van der Waals surface area contributed by atoms with E-state index in [4.69, 9.17) is 4.55 Å². The molecule has 29 heavy (non-hydrogen) atoms. The van der Waals surface area contributed by atoms with E-state index in [2.05, 4.69) is 27.4 Å². The van der Waals surface area contributed by atoms with E-state index < -0.39 is 64.2 Å². The Balaban J connectivity index is 6.30. The number of hydrogen-bond acceptors (Lipinski definition) is 7. The number of esters is 2. The molecule has 0 fully saturated rings. The zero-order chi connectivity index (χ0) is 23.5. The van der Waals surface area contributed by atoms with Crippen LogP contribution in [0.5, 0.6) is 0 Å². The molecule has 0 aromatic rings. The minimum Gasteiger partial charge on any atom is -0.456 e. The van der Waals surface area contributed by atoms with Crippen molar-refractivity contribution in [3.63, 3.8) is 0 Å². The van der Waals surface area contributed by atoms with Gasteiger partial charge in [-0.15, -0.1) is 0 Å². The number of halogens is 8. The molecule has 0 spiro atoms. The summed E-state index contributed by atoms with van der Waals surface area (Å²) in [7, 11) is -6.41. The largest absolute Gasteiger partial charge is 0.468 e. The molecule has 17 heteroatoms. The van der Waals surface area contributed by atoms with Gasteiger partial charge in [-0.25, -0.2) is 9.59 Å². The molecule has 1 atom stereocenters. The van der Waals surface area contributed by atoms with E-state index in [0.717, 1.165) is 0 Å². The average Bonchev–Trinajstić information content (AvgIpc) is 2.52. The van der Waals surface area contributed by atoms with Crippen molar-refractivity contribution in [3.05, 3.63) is 24.8 Å². The minimum absolute atomic E-state index is 0.627. The van der Waals surface area contributed by atoms with Crippen LogP contribution in [-0.2, 0) is 33.9 Å². The fraction of sp³-hybridized carbons (Fsp3) is 0.500. The van der Waals surface area contributed by atoms with Crippen LogP contribution in [-0.4, -0.2) is 61.5 Å². The van der Waals surface area contributed by atoms with E-state index in [0.29, 0.717) is 6.08 Å². The molecular formula is C12H10F8O8S. The highest BCUT2D eigenvalue weighted by Gasteiger charge is 2.69. The molecule has 0 rings (SSSR count). The first-order valence-corrected chi connectivity index (χ1v) is 8.00. The van der Waals surface area contributed by atoms with E-state index >= 15 is 0 Å². The van der Waals surface area contributed by atoms with Crippen molar-refractivity contribution in [2.75, 3.05) is 13.2 Å². The summed E-state index contributed by atoms with van der Waals surface area (Å²) in [5.41, 5.74) is -2.60. The second kappa shape index (κ2) is 8.62. The first-order valence-electron chi connectivity index (χ1n) is 6.56. The van der Waals surface area contributed by atoms with Gasteiger partial charge in [0.15, 0.2) is 0 Å². The third kappa shape index (κ3) is 6.36. The van der Waals surface area contributed by atoms with Gasteiger partial charge in [-0.2, -0.15) is 43.5 Å². The number of carbonyl (C=O) groups excluding carboxylic acids is 2. The predicted molar refractivity (Wildman–Crippen MR) is 73.7 cm³/mol. The van der Waals surface area contributed by atoms with Crippen molar-refractivity contribution < 1.29 is 71.9 Å². The van der Waals surface area contributed by atoms with Crippen molar-refractivity contribution in [1.29, 1.82) is 0 Å². The normalized spacial score (nSPS) is 15.2. The summed E-state index contributed by atoms with van der Waals surface area (Å²) >= 11 is 0. The molecule has 8 nitrogen and oxygen atoms in total. The Hall–Kier alpha value is -2.27. The van der Waals surface area contributed by atoms with Crippen LogP contribution in [0, 0.1) is 0 Å². The lowest BCUT2D eigenvalue weighted by Crippen LogP contribution is -2.60. The maximum atomic E-state index is 13.3. The molecule has 0 saturated carbocycles. The molecule has 0 aromatic carbocycles. The summed E-state index contributed by atoms with van der Waals surface area (Å²) < 4.78 is 144. The van der Waals surface area contributed by atoms with Gasteiger partial charge < -0.3 is 14.2 Å². The molecule has 0 aliphatic carbocycles. The van der Waals surface area contributed by atoms with Crippen molar-refractivity contribution in [2.45, 2.75) is 23.4 Å². The van der Waals surface area contributed by atoms with Crippen LogP contribution in [0.4, 0.5) is 35.1 Å². The SMILES string of the molecule is C=CCOC(=O)C(OCC(F)(F)S(=O)(=O)O)(OC(=O)C(=C)C(F)(F)F)C(F)(F)F. The topological polar surface area (TPSA) is 116 Å². The Labute approximate surface area is 156 Å². The van der Waals surface area contributed by atoms with Crippen molar-refractivity contribution in [1.82, 2.24) is 0 Å². The lowest BCUT2D eigenvalue weighted by atomic mass is 10.2. The molecule has 0 bridgehead atoms. The van der Waals surface area contributed by atoms with Crippen LogP contribution >= 0.6 is 0 Å². The molecular weight excluding hydrogens is 456 g/mol. The molecule has 0 aliphatic rings. The van der Waals surface area contributed by atoms with Gasteiger partial charge in [0.2, 0.25) is 0 Å². The van der Waals surface area contributed by atoms with Gasteiger partial charge in [0, 0.05) is 0 Å². The van der Waals surface area contributed by atoms with Crippen LogP contribution < -0.4 is 0 Å². The minimum atomic E-state index is -6.41. The monoisotopic (exact) mass is 466 g/mol. The first-order chi connectivity index (χ1) is 12.7. The quantitative estimate of drug-likeness (QED) is 0.137. The maximum Gasteiger partial charge on any atom is 0.468 e. The van der Waals surface area contributed by atoms with Crippen LogP contribution in [0.15, 0.2) is 24.8 Å². The fourth-order valence-electron chi connectivity index (χ4n) is 1.18. The Morgan fingerprint density at radius 2 is 1.52 bits per heavy atom. The van der Waals surface area contributed by atoms with Gasteiger partial charge in [-0.1, -0.05) is 19.2 Å². The van der Waals surface area contributed by atoms with E-state index in [1.807, 2.05) is 0 Å². The summed E-state index contributed by atoms with van der Waals surface area (Å²) in [6.45, 7) is 0.924. The standard InChI is InChI=1S/C12H10F8O8S/c1-3-4-26-8(22)10(12(18,19)20,27-5-9(13,14)29(23,24)25)28-7(21)6(2)11(15,16)17/h3H,1-2,4-5H2,(H,23,24,25). The van der Waals surface area contributed by atoms with Gasteiger partial charge in [0.25, 0.3) is 0 Å². The molecule has 0 radical (unpaired) electrons. The van der Waals surface area contributed by atoms with E-state index in [1.165, 1.54) is 0 Å². The molecule has 0 aliphatic heterocycles. The maximum absolute atomic E-state index is 13.3. The first kappa shape index (κ1) is 26.7. The number of hydrogen-bond donors (Lipinski definition) is 1. The van der Waals surface area contributed by atoms with Crippen molar-refractivity contribution in [2.24, 2.45) is 0 Å². The van der Waals surface area contributed by atoms with Crippen LogP contribution in [0.1, 0.15) is 0 Å². The summed E-state index contributed by atoms with van der Waals surface area (Å²) in [6, 6.07) is 0. The Kier molecular flexibility index (Phi) is 7.94. The third-order valence-corrected chi connectivity index (χ3v) is 3.49. The zero-order valence-corrected chi connectivity index (χ0v) is 14.5. The van der Waals surface area contributed by atoms with E-state index in [-0.39, 0.29) is 0 Å². The lowest BCUT2D eigenvalue weighted by Gasteiger charge is -2.33. The van der Waals surface area contributed by atoms with Gasteiger partial charge in [0.05, 0.1) is 0 Å². The Morgan fingerprint density at radius 3 is 1.86 bits per heavy atom. The lowest BCUT2D eigenvalue weighted by molar-refractivity contribution is -0.360. The van der Waals surface area contributed by atoms with Crippen molar-refractivity contribution >= 4 is 22.1 Å². The predicted octanol–water partition coefficient (Wildman–Crippen LogP) is 2.13. The number of alkyl halides is 8. The highest BCUT2D eigenvalue weighted by atomic mass is 32.2. The molecule has 0 amide bonds. The molecule has 1 N–H and O–H groups in total. The highest BCUT2D eigenvalue weighted by molar-refractivity contribution is 7.86. The Morgan fingerprint density at radius 1 is 1.03 bits per heavy atom. The molecule has 168 valence electrons. The fourth-order valence-corrected chi connectivity index (χ4v) is 1.39. The second-order valence-corrected chi connectivity index (χ2v) is 6.32. The van der Waals surface area contributed by atoms with Crippen LogP contribution in [0.3, 0.4) is 0 Å². The van der Waals surface area contributed by atoms with Gasteiger partial charge >= 0.3 is 45.5 Å². The van der Waals surface area contributed by atoms with Crippen LogP contribution in [0.2, 0.25) is 0 Å². The van der Waals surface area contributed by atoms with Crippen molar-refractivity contribution in [3.8, 4) is 0 Å². The average molecular weight is 466 g/mol. The van der Waals surface area contributed by atoms with Gasteiger partial charge in [0.1, 0.15) is 18.8 Å². The molecule has 0 saturated heterocycles.